The predicted molar refractivity (Wildman–Crippen MR) is 103 cm³/mol. The highest BCUT2D eigenvalue weighted by molar-refractivity contribution is 6.29. The zero-order valence-electron chi connectivity index (χ0n) is 14.6. The molecule has 6 heteroatoms. The zero-order valence-corrected chi connectivity index (χ0v) is 15.4. The third-order valence-corrected chi connectivity index (χ3v) is 5.03. The molecule has 0 spiro atoms. The summed E-state index contributed by atoms with van der Waals surface area (Å²) >= 11 is 5.85. The molecule has 0 radical (unpaired) electrons. The van der Waals surface area contributed by atoms with E-state index in [1.807, 2.05) is 31.3 Å². The van der Waals surface area contributed by atoms with Crippen LogP contribution in [0, 0.1) is 12.7 Å². The number of anilines is 1. The summed E-state index contributed by atoms with van der Waals surface area (Å²) in [5, 5.41) is 1.40. The Labute approximate surface area is 157 Å². The first kappa shape index (κ1) is 17.2. The number of pyridine rings is 2. The Morgan fingerprint density at radius 1 is 1.12 bits per heavy atom. The second-order valence-corrected chi connectivity index (χ2v) is 7.06. The third kappa shape index (κ3) is 3.50. The number of aromatic nitrogens is 2. The minimum atomic E-state index is -0.263. The monoisotopic (exact) mass is 370 g/mol. The maximum Gasteiger partial charge on any atom is 0.149 e. The molecule has 0 unspecified atom stereocenters. The molecular formula is C20H20ClFN4. The van der Waals surface area contributed by atoms with Crippen LogP contribution in [-0.2, 0) is 6.54 Å². The van der Waals surface area contributed by atoms with Gasteiger partial charge in [0.1, 0.15) is 16.5 Å². The van der Waals surface area contributed by atoms with Crippen molar-refractivity contribution in [3.8, 4) is 0 Å². The van der Waals surface area contributed by atoms with E-state index in [0.717, 1.165) is 55.1 Å². The van der Waals surface area contributed by atoms with Crippen LogP contribution >= 0.6 is 11.6 Å². The number of para-hydroxylation sites is 1. The minimum absolute atomic E-state index is 0.263. The number of hydrogen-bond acceptors (Lipinski definition) is 4. The van der Waals surface area contributed by atoms with Gasteiger partial charge in [-0.05, 0) is 30.7 Å². The smallest absolute Gasteiger partial charge is 0.149 e. The molecule has 3 aromatic rings. The maximum absolute atomic E-state index is 14.1. The number of fused-ring (bicyclic) bond motifs is 1. The molecule has 0 atom stereocenters. The molecule has 0 N–H and O–H groups in total. The topological polar surface area (TPSA) is 32.3 Å². The van der Waals surface area contributed by atoms with E-state index in [9.17, 15) is 4.39 Å². The molecule has 1 aliphatic rings. The average molecular weight is 371 g/mol. The van der Waals surface area contributed by atoms with Crippen LogP contribution in [0.1, 0.15) is 11.3 Å². The number of halogens is 2. The van der Waals surface area contributed by atoms with Gasteiger partial charge in [0.05, 0.1) is 0 Å². The molecule has 1 saturated heterocycles. The number of rotatable bonds is 3. The van der Waals surface area contributed by atoms with E-state index < -0.39 is 0 Å². The Kier molecular flexibility index (Phi) is 4.74. The summed E-state index contributed by atoms with van der Waals surface area (Å²) in [4.78, 5) is 13.3. The first-order chi connectivity index (χ1) is 12.6. The normalized spacial score (nSPS) is 15.6. The summed E-state index contributed by atoms with van der Waals surface area (Å²) in [6.45, 7) is 6.47. The summed E-state index contributed by atoms with van der Waals surface area (Å²) in [6.07, 6.45) is 1.83. The Morgan fingerprint density at radius 2 is 1.92 bits per heavy atom. The number of nitrogens with zero attached hydrogens (tertiary/aromatic N) is 4. The van der Waals surface area contributed by atoms with Crippen molar-refractivity contribution in [1.29, 1.82) is 0 Å². The van der Waals surface area contributed by atoms with Crippen LogP contribution in [0.15, 0.2) is 42.6 Å². The number of benzene rings is 1. The standard InChI is InChI=1S/C20H20ClFN4/c1-14-11-18(16-3-2-4-17(22)20(16)24-14)26-9-7-25(8-10-26)13-15-5-6-19(21)23-12-15/h2-6,11-12H,7-10,13H2,1H3. The van der Waals surface area contributed by atoms with E-state index in [1.54, 1.807) is 6.07 Å². The van der Waals surface area contributed by atoms with Crippen molar-refractivity contribution in [2.75, 3.05) is 31.1 Å². The van der Waals surface area contributed by atoms with Crippen molar-refractivity contribution >= 4 is 28.2 Å². The van der Waals surface area contributed by atoms with Crippen molar-refractivity contribution in [3.63, 3.8) is 0 Å². The van der Waals surface area contributed by atoms with Gasteiger partial charge in [-0.2, -0.15) is 0 Å². The van der Waals surface area contributed by atoms with E-state index >= 15 is 0 Å². The number of hydrogen-bond donors (Lipinski definition) is 0. The Balaban J connectivity index is 1.50. The van der Waals surface area contributed by atoms with Crippen molar-refractivity contribution in [3.05, 3.63) is 64.8 Å². The van der Waals surface area contributed by atoms with Crippen molar-refractivity contribution in [2.24, 2.45) is 0 Å². The van der Waals surface area contributed by atoms with E-state index in [0.29, 0.717) is 10.7 Å². The zero-order chi connectivity index (χ0) is 18.1. The third-order valence-electron chi connectivity index (χ3n) is 4.80. The number of aryl methyl sites for hydroxylation is 1. The summed E-state index contributed by atoms with van der Waals surface area (Å²) in [6, 6.07) is 11.1. The predicted octanol–water partition coefficient (Wildman–Crippen LogP) is 4.05. The van der Waals surface area contributed by atoms with Crippen LogP contribution in [0.4, 0.5) is 10.1 Å². The van der Waals surface area contributed by atoms with Gasteiger partial charge in [0.15, 0.2) is 0 Å². The van der Waals surface area contributed by atoms with Gasteiger partial charge in [-0.1, -0.05) is 29.8 Å². The fraction of sp³-hybridized carbons (Fsp3) is 0.300. The van der Waals surface area contributed by atoms with Crippen LogP contribution in [-0.4, -0.2) is 41.0 Å². The lowest BCUT2D eigenvalue weighted by atomic mass is 10.1. The van der Waals surface area contributed by atoms with E-state index in [1.165, 1.54) is 6.07 Å². The van der Waals surface area contributed by atoms with Gasteiger partial charge in [-0.15, -0.1) is 0 Å². The van der Waals surface area contributed by atoms with E-state index in [2.05, 4.69) is 25.8 Å². The van der Waals surface area contributed by atoms with Crippen LogP contribution in [0.3, 0.4) is 0 Å². The fourth-order valence-corrected chi connectivity index (χ4v) is 3.60. The summed E-state index contributed by atoms with van der Waals surface area (Å²) < 4.78 is 14.1. The molecule has 0 amide bonds. The van der Waals surface area contributed by atoms with Gasteiger partial charge in [0.2, 0.25) is 0 Å². The Bertz CT molecular complexity index is 921. The Morgan fingerprint density at radius 3 is 2.65 bits per heavy atom. The summed E-state index contributed by atoms with van der Waals surface area (Å²) in [5.74, 6) is -0.263. The van der Waals surface area contributed by atoms with Crippen LogP contribution in [0.5, 0.6) is 0 Å². The van der Waals surface area contributed by atoms with Gasteiger partial charge in [-0.3, -0.25) is 4.90 Å². The van der Waals surface area contributed by atoms with Gasteiger partial charge >= 0.3 is 0 Å². The lowest BCUT2D eigenvalue weighted by Gasteiger charge is -2.36. The van der Waals surface area contributed by atoms with Crippen LogP contribution in [0.2, 0.25) is 5.15 Å². The average Bonchev–Trinajstić information content (AvgIpc) is 2.65. The minimum Gasteiger partial charge on any atom is -0.368 e. The lowest BCUT2D eigenvalue weighted by molar-refractivity contribution is 0.250. The van der Waals surface area contributed by atoms with Crippen molar-refractivity contribution in [2.45, 2.75) is 13.5 Å². The SMILES string of the molecule is Cc1cc(N2CCN(Cc3ccc(Cl)nc3)CC2)c2cccc(F)c2n1. The van der Waals surface area contributed by atoms with Crippen molar-refractivity contribution in [1.82, 2.24) is 14.9 Å². The van der Waals surface area contributed by atoms with E-state index in [4.69, 9.17) is 11.6 Å². The largest absolute Gasteiger partial charge is 0.368 e. The molecule has 1 fully saturated rings. The molecule has 1 aromatic carbocycles. The first-order valence-electron chi connectivity index (χ1n) is 8.74. The highest BCUT2D eigenvalue weighted by Crippen LogP contribution is 2.29. The van der Waals surface area contributed by atoms with Crippen LogP contribution in [0.25, 0.3) is 10.9 Å². The molecule has 0 aliphatic carbocycles. The molecule has 0 bridgehead atoms. The van der Waals surface area contributed by atoms with Crippen molar-refractivity contribution < 1.29 is 4.39 Å². The molecule has 4 nitrogen and oxygen atoms in total. The summed E-state index contributed by atoms with van der Waals surface area (Å²) in [7, 11) is 0. The second kappa shape index (κ2) is 7.17. The molecule has 26 heavy (non-hydrogen) atoms. The molecule has 1 aliphatic heterocycles. The van der Waals surface area contributed by atoms with E-state index in [-0.39, 0.29) is 5.82 Å². The van der Waals surface area contributed by atoms with Gasteiger partial charge in [0.25, 0.3) is 0 Å². The highest BCUT2D eigenvalue weighted by atomic mass is 35.5. The molecule has 134 valence electrons. The molecule has 0 saturated carbocycles. The fourth-order valence-electron chi connectivity index (χ4n) is 3.49. The van der Waals surface area contributed by atoms with Gasteiger partial charge < -0.3 is 4.90 Å². The molecule has 4 rings (SSSR count). The lowest BCUT2D eigenvalue weighted by Crippen LogP contribution is -2.46. The number of piperazine rings is 1. The summed E-state index contributed by atoms with van der Waals surface area (Å²) in [5.41, 5.74) is 3.53. The quantitative estimate of drug-likeness (QED) is 0.651. The Hall–Kier alpha value is -2.24. The molecule has 2 aromatic heterocycles. The molecular weight excluding hydrogens is 351 g/mol. The second-order valence-electron chi connectivity index (χ2n) is 6.67. The van der Waals surface area contributed by atoms with Gasteiger partial charge in [-0.25, -0.2) is 14.4 Å². The van der Waals surface area contributed by atoms with Crippen LogP contribution < -0.4 is 4.90 Å². The highest BCUT2D eigenvalue weighted by Gasteiger charge is 2.20. The first-order valence-corrected chi connectivity index (χ1v) is 9.11. The maximum atomic E-state index is 14.1. The van der Waals surface area contributed by atoms with Gasteiger partial charge in [0, 0.05) is 55.7 Å². The molecule has 3 heterocycles.